The van der Waals surface area contributed by atoms with Gasteiger partial charge in [-0.2, -0.15) is 4.31 Å². The van der Waals surface area contributed by atoms with E-state index in [4.69, 9.17) is 10.9 Å². The molecule has 12 nitrogen and oxygen atoms in total. The average Bonchev–Trinajstić information content (AvgIpc) is 2.73. The number of aromatic nitrogens is 2. The fraction of sp³-hybridized carbons (Fsp3) is 0.389. The number of hydrogen-bond acceptors (Lipinski definition) is 9. The summed E-state index contributed by atoms with van der Waals surface area (Å²) in [5.74, 6) is -1.26. The number of amides is 1. The SMILES string of the molecule is CN1CCN(S(=O)(=O)c2ccc(-c3cnc(N)c(C(=O)NCCS(N)(=O)=O)n3)cc2)CC1.Cl. The first-order chi connectivity index (χ1) is 15.0. The highest BCUT2D eigenvalue weighted by Gasteiger charge is 2.27. The third-order valence-electron chi connectivity index (χ3n) is 4.94. The number of hydrogen-bond donors (Lipinski definition) is 3. The van der Waals surface area contributed by atoms with E-state index < -0.39 is 31.7 Å². The number of nitrogens with one attached hydrogen (secondary N) is 1. The van der Waals surface area contributed by atoms with Crippen molar-refractivity contribution < 1.29 is 21.6 Å². The number of halogens is 1. The van der Waals surface area contributed by atoms with Gasteiger partial charge in [-0.15, -0.1) is 12.4 Å². The van der Waals surface area contributed by atoms with Crippen LogP contribution in [0.15, 0.2) is 35.4 Å². The van der Waals surface area contributed by atoms with Crippen LogP contribution < -0.4 is 16.2 Å². The second-order valence-electron chi connectivity index (χ2n) is 7.34. The van der Waals surface area contributed by atoms with Gasteiger partial charge in [0.1, 0.15) is 0 Å². The van der Waals surface area contributed by atoms with Gasteiger partial charge in [0.05, 0.1) is 22.5 Å². The molecule has 1 aliphatic rings. The Bertz CT molecular complexity index is 1200. The smallest absolute Gasteiger partial charge is 0.273 e. The van der Waals surface area contributed by atoms with Crippen molar-refractivity contribution >= 4 is 44.2 Å². The van der Waals surface area contributed by atoms with E-state index in [0.29, 0.717) is 37.4 Å². The third-order valence-corrected chi connectivity index (χ3v) is 7.62. The summed E-state index contributed by atoms with van der Waals surface area (Å²) in [4.78, 5) is 22.7. The highest BCUT2D eigenvalue weighted by molar-refractivity contribution is 7.89. The number of anilines is 1. The summed E-state index contributed by atoms with van der Waals surface area (Å²) in [6.45, 7) is 1.98. The lowest BCUT2D eigenvalue weighted by molar-refractivity contribution is 0.0952. The summed E-state index contributed by atoms with van der Waals surface area (Å²) < 4.78 is 49.2. The van der Waals surface area contributed by atoms with Gasteiger partial charge >= 0.3 is 0 Å². The molecule has 5 N–H and O–H groups in total. The zero-order chi connectivity index (χ0) is 23.5. The monoisotopic (exact) mass is 519 g/mol. The molecule has 0 saturated carbocycles. The van der Waals surface area contributed by atoms with Gasteiger partial charge in [0, 0.05) is 38.3 Å². The molecular formula is C18H26ClN7O5S2. The molecule has 0 unspecified atom stereocenters. The maximum atomic E-state index is 12.9. The van der Waals surface area contributed by atoms with Crippen LogP contribution in [0.2, 0.25) is 0 Å². The van der Waals surface area contributed by atoms with Crippen LogP contribution in [0.4, 0.5) is 5.82 Å². The number of carbonyl (C=O) groups excluding carboxylic acids is 1. The first-order valence-corrected chi connectivity index (χ1v) is 12.8. The van der Waals surface area contributed by atoms with Crippen LogP contribution in [-0.4, -0.2) is 87.4 Å². The van der Waals surface area contributed by atoms with Crippen molar-refractivity contribution in [1.82, 2.24) is 24.5 Å². The molecule has 1 aliphatic heterocycles. The topological polar surface area (TPSA) is 182 Å². The van der Waals surface area contributed by atoms with E-state index >= 15 is 0 Å². The van der Waals surface area contributed by atoms with Crippen LogP contribution in [0.1, 0.15) is 10.5 Å². The first kappa shape index (κ1) is 26.9. The quantitative estimate of drug-likeness (QED) is 0.417. The lowest BCUT2D eigenvalue weighted by Crippen LogP contribution is -2.46. The number of nitrogens with zero attached hydrogens (tertiary/aromatic N) is 4. The van der Waals surface area contributed by atoms with Gasteiger partial charge < -0.3 is 16.0 Å². The van der Waals surface area contributed by atoms with Crippen LogP contribution in [0.5, 0.6) is 0 Å². The second-order valence-corrected chi connectivity index (χ2v) is 11.0. The Hall–Kier alpha value is -2.36. The maximum absolute atomic E-state index is 12.9. The van der Waals surface area contributed by atoms with Gasteiger partial charge in [0.2, 0.25) is 20.0 Å². The van der Waals surface area contributed by atoms with Gasteiger partial charge in [-0.25, -0.2) is 31.9 Å². The summed E-state index contributed by atoms with van der Waals surface area (Å²) in [6.07, 6.45) is 1.36. The number of benzene rings is 1. The maximum Gasteiger partial charge on any atom is 0.273 e. The largest absolute Gasteiger partial charge is 0.382 e. The van der Waals surface area contributed by atoms with Gasteiger partial charge in [0.25, 0.3) is 5.91 Å². The summed E-state index contributed by atoms with van der Waals surface area (Å²) in [5.41, 5.74) is 6.40. The first-order valence-electron chi connectivity index (χ1n) is 9.68. The number of nitrogen functional groups attached to an aromatic ring is 1. The lowest BCUT2D eigenvalue weighted by Gasteiger charge is -2.31. The number of likely N-dealkylation sites (N-methyl/N-ethyl adjacent to an activating group) is 1. The van der Waals surface area contributed by atoms with Gasteiger partial charge in [-0.3, -0.25) is 4.79 Å². The molecular weight excluding hydrogens is 494 g/mol. The molecule has 182 valence electrons. The molecule has 0 spiro atoms. The molecule has 33 heavy (non-hydrogen) atoms. The van der Waals surface area contributed by atoms with Crippen molar-refractivity contribution in [1.29, 1.82) is 0 Å². The summed E-state index contributed by atoms with van der Waals surface area (Å²) >= 11 is 0. The minimum Gasteiger partial charge on any atom is -0.382 e. The fourth-order valence-corrected chi connectivity index (χ4v) is 4.88. The predicted octanol–water partition coefficient (Wildman–Crippen LogP) is -0.898. The van der Waals surface area contributed by atoms with Gasteiger partial charge in [-0.05, 0) is 19.2 Å². The average molecular weight is 520 g/mol. The molecule has 2 heterocycles. The zero-order valence-corrected chi connectivity index (χ0v) is 20.3. The molecule has 2 aromatic rings. The Labute approximate surface area is 198 Å². The van der Waals surface area contributed by atoms with Crippen LogP contribution in [0.25, 0.3) is 11.3 Å². The Balaban J connectivity index is 0.00000385. The molecule has 0 radical (unpaired) electrons. The van der Waals surface area contributed by atoms with Crippen molar-refractivity contribution in [3.63, 3.8) is 0 Å². The normalized spacial score (nSPS) is 15.6. The summed E-state index contributed by atoms with van der Waals surface area (Å²) in [7, 11) is -5.39. The number of primary sulfonamides is 1. The Morgan fingerprint density at radius 1 is 1.09 bits per heavy atom. The van der Waals surface area contributed by atoms with Crippen LogP contribution in [-0.2, 0) is 20.0 Å². The molecule has 1 fully saturated rings. The Kier molecular flexibility index (Phi) is 8.73. The van der Waals surface area contributed by atoms with Crippen molar-refractivity contribution in [2.24, 2.45) is 5.14 Å². The number of nitrogens with two attached hydrogens (primary N) is 2. The van der Waals surface area contributed by atoms with Crippen molar-refractivity contribution in [3.05, 3.63) is 36.2 Å². The summed E-state index contributed by atoms with van der Waals surface area (Å²) in [5, 5.41) is 7.28. The molecule has 15 heteroatoms. The molecule has 3 rings (SSSR count). The van der Waals surface area contributed by atoms with Crippen LogP contribution in [0.3, 0.4) is 0 Å². The number of piperazine rings is 1. The number of carbonyl (C=O) groups is 1. The highest BCUT2D eigenvalue weighted by atomic mass is 35.5. The molecule has 1 amide bonds. The Morgan fingerprint density at radius 3 is 2.27 bits per heavy atom. The molecule has 1 aromatic carbocycles. The molecule has 0 aliphatic carbocycles. The van der Waals surface area contributed by atoms with Gasteiger partial charge in [0.15, 0.2) is 11.5 Å². The van der Waals surface area contributed by atoms with Crippen molar-refractivity contribution in [2.75, 3.05) is 51.3 Å². The standard InChI is InChI=1S/C18H25N7O5S2.ClH/c1-24-7-9-25(10-8-24)32(29,30)14-4-2-13(3-5-14)15-12-22-17(19)16(23-15)18(26)21-6-11-31(20,27)28;/h2-5,12H,6-11H2,1H3,(H2,19,22)(H,21,26)(H2,20,27,28);1H. The van der Waals surface area contributed by atoms with E-state index in [2.05, 4.69) is 20.2 Å². The lowest BCUT2D eigenvalue weighted by atomic mass is 10.1. The van der Waals surface area contributed by atoms with Crippen LogP contribution in [0, 0.1) is 0 Å². The third kappa shape index (κ3) is 6.82. The van der Waals surface area contributed by atoms with E-state index in [9.17, 15) is 21.6 Å². The fourth-order valence-electron chi connectivity index (χ4n) is 3.07. The second kappa shape index (κ2) is 10.7. The molecule has 1 saturated heterocycles. The van der Waals surface area contributed by atoms with E-state index in [1.54, 1.807) is 12.1 Å². The number of rotatable bonds is 7. The van der Waals surface area contributed by atoms with E-state index in [0.717, 1.165) is 0 Å². The van der Waals surface area contributed by atoms with Gasteiger partial charge in [-0.1, -0.05) is 12.1 Å². The van der Waals surface area contributed by atoms with E-state index in [-0.39, 0.29) is 35.4 Å². The molecule has 0 atom stereocenters. The van der Waals surface area contributed by atoms with Crippen LogP contribution >= 0.6 is 12.4 Å². The number of sulfonamides is 2. The zero-order valence-electron chi connectivity index (χ0n) is 17.8. The van der Waals surface area contributed by atoms with Crippen molar-refractivity contribution in [2.45, 2.75) is 4.90 Å². The van der Waals surface area contributed by atoms with E-state index in [1.165, 1.54) is 22.6 Å². The molecule has 1 aromatic heterocycles. The minimum absolute atomic E-state index is 0. The summed E-state index contributed by atoms with van der Waals surface area (Å²) in [6, 6.07) is 6.11. The van der Waals surface area contributed by atoms with Crippen molar-refractivity contribution in [3.8, 4) is 11.3 Å². The highest BCUT2D eigenvalue weighted by Crippen LogP contribution is 2.23. The van der Waals surface area contributed by atoms with E-state index in [1.807, 2.05) is 7.05 Å². The Morgan fingerprint density at radius 2 is 1.70 bits per heavy atom. The molecule has 0 bridgehead atoms. The predicted molar refractivity (Wildman–Crippen MR) is 126 cm³/mol. The minimum atomic E-state index is -3.73.